The Labute approximate surface area is 99.6 Å². The first-order valence-corrected chi connectivity index (χ1v) is 5.44. The summed E-state index contributed by atoms with van der Waals surface area (Å²) in [6.45, 7) is 6.59. The van der Waals surface area contributed by atoms with Gasteiger partial charge in [0.2, 0.25) is 0 Å². The van der Waals surface area contributed by atoms with E-state index >= 15 is 0 Å². The highest BCUT2D eigenvalue weighted by atomic mass is 19.3. The first kappa shape index (κ1) is 13.6. The average molecular weight is 242 g/mol. The van der Waals surface area contributed by atoms with Crippen LogP contribution in [-0.2, 0) is 15.5 Å². The maximum absolute atomic E-state index is 13.8. The lowest BCUT2D eigenvalue weighted by molar-refractivity contribution is -0.173. The number of halogens is 2. The molecule has 94 valence electrons. The summed E-state index contributed by atoms with van der Waals surface area (Å²) in [4.78, 5) is 11.2. The number of hydrogen-bond donors (Lipinski definition) is 0. The number of hydrogen-bond acceptors (Lipinski definition) is 2. The monoisotopic (exact) mass is 242 g/mol. The molecule has 1 rings (SSSR count). The Morgan fingerprint density at radius 1 is 1.18 bits per heavy atom. The van der Waals surface area contributed by atoms with Crippen LogP contribution >= 0.6 is 0 Å². The van der Waals surface area contributed by atoms with Gasteiger partial charge in [0.25, 0.3) is 0 Å². The highest BCUT2D eigenvalue weighted by Gasteiger charge is 2.43. The number of alkyl halides is 2. The minimum Gasteiger partial charge on any atom is -0.461 e. The van der Waals surface area contributed by atoms with Gasteiger partial charge in [0.05, 0.1) is 6.61 Å². The van der Waals surface area contributed by atoms with Crippen LogP contribution in [0.5, 0.6) is 0 Å². The van der Waals surface area contributed by atoms with Crippen molar-refractivity contribution in [2.45, 2.75) is 33.6 Å². The van der Waals surface area contributed by atoms with Crippen molar-refractivity contribution in [3.63, 3.8) is 0 Å². The second kappa shape index (κ2) is 4.82. The van der Waals surface area contributed by atoms with Crippen LogP contribution in [0.1, 0.15) is 29.2 Å². The highest BCUT2D eigenvalue weighted by Crippen LogP contribution is 2.33. The fourth-order valence-electron chi connectivity index (χ4n) is 1.63. The van der Waals surface area contributed by atoms with Gasteiger partial charge in [-0.2, -0.15) is 8.78 Å². The van der Waals surface area contributed by atoms with Gasteiger partial charge >= 0.3 is 11.9 Å². The standard InChI is InChI=1S/C13H16F2O2/c1-5-17-12(16)13(14,15)11-7-9(3)8(2)6-10(11)4/h6-7H,5H2,1-4H3. The molecule has 0 saturated carbocycles. The van der Waals surface area contributed by atoms with E-state index < -0.39 is 11.9 Å². The van der Waals surface area contributed by atoms with E-state index in [4.69, 9.17) is 0 Å². The molecule has 0 radical (unpaired) electrons. The van der Waals surface area contributed by atoms with Gasteiger partial charge in [-0.1, -0.05) is 6.07 Å². The number of carbonyl (C=O) groups is 1. The molecule has 1 aromatic carbocycles. The number of esters is 1. The van der Waals surface area contributed by atoms with Gasteiger partial charge in [-0.15, -0.1) is 0 Å². The van der Waals surface area contributed by atoms with Crippen molar-refractivity contribution in [3.05, 3.63) is 34.4 Å². The molecule has 0 fully saturated rings. The summed E-state index contributed by atoms with van der Waals surface area (Å²) >= 11 is 0. The van der Waals surface area contributed by atoms with Crippen molar-refractivity contribution in [2.24, 2.45) is 0 Å². The molecule has 0 heterocycles. The van der Waals surface area contributed by atoms with Crippen LogP contribution in [-0.4, -0.2) is 12.6 Å². The number of carbonyl (C=O) groups excluding carboxylic acids is 1. The predicted molar refractivity (Wildman–Crippen MR) is 61.2 cm³/mol. The van der Waals surface area contributed by atoms with E-state index in [1.807, 2.05) is 6.92 Å². The number of benzene rings is 1. The molecule has 0 aliphatic carbocycles. The summed E-state index contributed by atoms with van der Waals surface area (Å²) in [5.41, 5.74) is 1.77. The van der Waals surface area contributed by atoms with Gasteiger partial charge in [0, 0.05) is 5.56 Å². The average Bonchev–Trinajstić information content (AvgIpc) is 2.23. The second-order valence-corrected chi connectivity index (χ2v) is 4.05. The Balaban J connectivity index is 3.23. The smallest absolute Gasteiger partial charge is 0.381 e. The Morgan fingerprint density at radius 3 is 2.24 bits per heavy atom. The van der Waals surface area contributed by atoms with Crippen molar-refractivity contribution in [1.29, 1.82) is 0 Å². The Bertz CT molecular complexity index is 439. The molecule has 0 unspecified atom stereocenters. The zero-order valence-corrected chi connectivity index (χ0v) is 10.4. The van der Waals surface area contributed by atoms with Crippen LogP contribution in [0, 0.1) is 20.8 Å². The molecule has 0 aromatic heterocycles. The van der Waals surface area contributed by atoms with E-state index in [0.29, 0.717) is 5.56 Å². The molecule has 0 bridgehead atoms. The maximum atomic E-state index is 13.8. The summed E-state index contributed by atoms with van der Waals surface area (Å²) in [6.07, 6.45) is 0. The summed E-state index contributed by atoms with van der Waals surface area (Å²) in [6, 6.07) is 3.00. The lowest BCUT2D eigenvalue weighted by Crippen LogP contribution is -2.29. The lowest BCUT2D eigenvalue weighted by atomic mass is 9.96. The molecule has 0 aliphatic heterocycles. The summed E-state index contributed by atoms with van der Waals surface area (Å²) in [7, 11) is 0. The molecule has 17 heavy (non-hydrogen) atoms. The van der Waals surface area contributed by atoms with Crippen molar-refractivity contribution in [1.82, 2.24) is 0 Å². The predicted octanol–water partition coefficient (Wildman–Crippen LogP) is 3.27. The molecule has 0 amide bonds. The molecule has 2 nitrogen and oxygen atoms in total. The van der Waals surface area contributed by atoms with Gasteiger partial charge in [-0.25, -0.2) is 4.79 Å². The van der Waals surface area contributed by atoms with Crippen LogP contribution in [0.2, 0.25) is 0 Å². The van der Waals surface area contributed by atoms with Gasteiger partial charge in [-0.3, -0.25) is 0 Å². The van der Waals surface area contributed by atoms with Gasteiger partial charge in [0.1, 0.15) is 0 Å². The first-order chi connectivity index (χ1) is 7.80. The normalized spacial score (nSPS) is 11.4. The van der Waals surface area contributed by atoms with Crippen LogP contribution in [0.15, 0.2) is 12.1 Å². The summed E-state index contributed by atoms with van der Waals surface area (Å²) in [5.74, 6) is -5.08. The largest absolute Gasteiger partial charge is 0.461 e. The zero-order valence-electron chi connectivity index (χ0n) is 10.4. The van der Waals surface area contributed by atoms with Gasteiger partial charge < -0.3 is 4.74 Å². The van der Waals surface area contributed by atoms with Crippen molar-refractivity contribution in [3.8, 4) is 0 Å². The van der Waals surface area contributed by atoms with Crippen LogP contribution in [0.4, 0.5) is 8.78 Å². The fourth-order valence-corrected chi connectivity index (χ4v) is 1.63. The molecular formula is C13H16F2O2. The Hall–Kier alpha value is -1.45. The maximum Gasteiger partial charge on any atom is 0.381 e. The first-order valence-electron chi connectivity index (χ1n) is 5.44. The molecule has 0 N–H and O–H groups in total. The van der Waals surface area contributed by atoms with E-state index in [2.05, 4.69) is 4.74 Å². The van der Waals surface area contributed by atoms with Crippen molar-refractivity contribution >= 4 is 5.97 Å². The second-order valence-electron chi connectivity index (χ2n) is 4.05. The molecule has 4 heteroatoms. The van der Waals surface area contributed by atoms with Gasteiger partial charge in [0.15, 0.2) is 0 Å². The topological polar surface area (TPSA) is 26.3 Å². The van der Waals surface area contributed by atoms with E-state index in [1.54, 1.807) is 19.9 Å². The van der Waals surface area contributed by atoms with Crippen LogP contribution in [0.3, 0.4) is 0 Å². The summed E-state index contributed by atoms with van der Waals surface area (Å²) < 4.78 is 32.1. The number of rotatable bonds is 3. The molecule has 1 aromatic rings. The number of aryl methyl sites for hydroxylation is 3. The summed E-state index contributed by atoms with van der Waals surface area (Å²) in [5, 5.41) is 0. The third kappa shape index (κ3) is 2.62. The minimum absolute atomic E-state index is 0.0572. The quantitative estimate of drug-likeness (QED) is 0.760. The molecular weight excluding hydrogens is 226 g/mol. The molecule has 0 aliphatic rings. The van der Waals surface area contributed by atoms with E-state index in [0.717, 1.165) is 11.1 Å². The van der Waals surface area contributed by atoms with Crippen LogP contribution in [0.25, 0.3) is 0 Å². The fraction of sp³-hybridized carbons (Fsp3) is 0.462. The van der Waals surface area contributed by atoms with E-state index in [-0.39, 0.29) is 12.2 Å². The number of ether oxygens (including phenoxy) is 1. The molecule has 0 spiro atoms. The Kier molecular flexibility index (Phi) is 3.86. The SMILES string of the molecule is CCOC(=O)C(F)(F)c1cc(C)c(C)cc1C. The van der Waals surface area contributed by atoms with E-state index in [1.165, 1.54) is 13.0 Å². The van der Waals surface area contributed by atoms with Crippen molar-refractivity contribution < 1.29 is 18.3 Å². The zero-order chi connectivity index (χ0) is 13.2. The highest BCUT2D eigenvalue weighted by molar-refractivity contribution is 5.80. The van der Waals surface area contributed by atoms with Gasteiger partial charge in [-0.05, 0) is 50.5 Å². The lowest BCUT2D eigenvalue weighted by Gasteiger charge is -2.18. The molecule has 0 atom stereocenters. The van der Waals surface area contributed by atoms with E-state index in [9.17, 15) is 13.6 Å². The van der Waals surface area contributed by atoms with Crippen LogP contribution < -0.4 is 0 Å². The van der Waals surface area contributed by atoms with Crippen molar-refractivity contribution in [2.75, 3.05) is 6.61 Å². The third-order valence-electron chi connectivity index (χ3n) is 2.71. The minimum atomic E-state index is -3.58. The molecule has 0 saturated heterocycles. The Morgan fingerprint density at radius 2 is 1.71 bits per heavy atom. The third-order valence-corrected chi connectivity index (χ3v) is 2.71.